The third-order valence-electron chi connectivity index (χ3n) is 5.85. The number of rotatable bonds is 3. The number of pyridine rings is 2. The molecule has 7 heteroatoms. The van der Waals surface area contributed by atoms with Crippen LogP contribution in [0.5, 0.6) is 0 Å². The van der Waals surface area contributed by atoms with Crippen LogP contribution >= 0.6 is 0 Å². The molecule has 2 atom stereocenters. The van der Waals surface area contributed by atoms with E-state index in [2.05, 4.69) is 14.9 Å². The summed E-state index contributed by atoms with van der Waals surface area (Å²) in [6.45, 7) is 3.78. The Hall–Kier alpha value is -2.64. The normalized spacial score (nSPS) is 22.4. The monoisotopic (exact) mass is 409 g/mol. The molecule has 2 aliphatic heterocycles. The van der Waals surface area contributed by atoms with Gasteiger partial charge in [-0.05, 0) is 54.4 Å². The first kappa shape index (κ1) is 18.4. The van der Waals surface area contributed by atoms with Gasteiger partial charge in [-0.15, -0.1) is 0 Å². The second-order valence-electron chi connectivity index (χ2n) is 7.78. The van der Waals surface area contributed by atoms with Crippen LogP contribution in [0.25, 0.3) is 11.1 Å². The maximum absolute atomic E-state index is 13.1. The second kappa shape index (κ2) is 6.71. The largest absolute Gasteiger partial charge is 0.296 e. The molecule has 1 aromatic carbocycles. The molecule has 0 amide bonds. The summed E-state index contributed by atoms with van der Waals surface area (Å²) in [5.74, 6) is -0.595. The number of fused-ring (bicyclic) bond motifs is 3. The molecule has 0 aliphatic carbocycles. The fraction of sp³-hybridized carbons (Fsp3) is 0.273. The average Bonchev–Trinajstić information content (AvgIpc) is 3.20. The topological polar surface area (TPSA) is 63.2 Å². The molecule has 1 saturated heterocycles. The van der Waals surface area contributed by atoms with Crippen molar-refractivity contribution in [2.45, 2.75) is 29.5 Å². The Bertz CT molecular complexity index is 1190. The van der Waals surface area contributed by atoms with Crippen molar-refractivity contribution in [3.63, 3.8) is 0 Å². The molecule has 0 radical (unpaired) electrons. The van der Waals surface area contributed by atoms with E-state index >= 15 is 0 Å². The zero-order valence-corrected chi connectivity index (χ0v) is 16.7. The number of likely N-dealkylation sites (tertiary alicyclic amines) is 1. The predicted molar refractivity (Wildman–Crippen MR) is 108 cm³/mol. The number of sulfone groups is 1. The SMILES string of the molecule is Cc1cccc(CN2CC3c4cc(-c5ccc(F)nc5)ccc4S(=O)(=O)C3C2)n1. The minimum Gasteiger partial charge on any atom is -0.296 e. The molecule has 1 fully saturated rings. The molecule has 2 unspecified atom stereocenters. The average molecular weight is 409 g/mol. The lowest BCUT2D eigenvalue weighted by Gasteiger charge is -2.17. The van der Waals surface area contributed by atoms with Crippen LogP contribution in [0.2, 0.25) is 0 Å². The van der Waals surface area contributed by atoms with Crippen LogP contribution < -0.4 is 0 Å². The van der Waals surface area contributed by atoms with Crippen LogP contribution in [0.4, 0.5) is 4.39 Å². The van der Waals surface area contributed by atoms with Crippen LogP contribution in [-0.2, 0) is 16.4 Å². The van der Waals surface area contributed by atoms with Crippen LogP contribution in [0.3, 0.4) is 0 Å². The molecule has 2 aliphatic rings. The van der Waals surface area contributed by atoms with Gasteiger partial charge in [-0.25, -0.2) is 13.4 Å². The highest BCUT2D eigenvalue weighted by atomic mass is 32.2. The van der Waals surface area contributed by atoms with Crippen LogP contribution in [-0.4, -0.2) is 41.6 Å². The second-order valence-corrected chi connectivity index (χ2v) is 9.91. The van der Waals surface area contributed by atoms with Gasteiger partial charge in [0.05, 0.1) is 15.8 Å². The minimum absolute atomic E-state index is 0.0619. The molecule has 3 aromatic rings. The maximum atomic E-state index is 13.1. The standard InChI is InChI=1S/C22H20FN3O2S/c1-14-3-2-4-17(25-14)11-26-12-19-18-9-15(16-6-8-22(23)24-10-16)5-7-20(18)29(27,28)21(19)13-26/h2-10,19,21H,11-13H2,1H3. The molecule has 2 aromatic heterocycles. The molecule has 4 heterocycles. The Morgan fingerprint density at radius 3 is 2.69 bits per heavy atom. The van der Waals surface area contributed by atoms with Crippen molar-refractivity contribution >= 4 is 9.84 Å². The molecule has 5 rings (SSSR count). The summed E-state index contributed by atoms with van der Waals surface area (Å²) in [5.41, 5.74) is 4.39. The quantitative estimate of drug-likeness (QED) is 0.621. The third kappa shape index (κ3) is 3.14. The van der Waals surface area contributed by atoms with Gasteiger partial charge < -0.3 is 0 Å². The zero-order valence-electron chi connectivity index (χ0n) is 15.9. The molecule has 148 valence electrons. The van der Waals surface area contributed by atoms with Crippen molar-refractivity contribution in [3.05, 3.63) is 77.6 Å². The Morgan fingerprint density at radius 2 is 1.93 bits per heavy atom. The van der Waals surface area contributed by atoms with E-state index in [1.54, 1.807) is 18.2 Å². The lowest BCUT2D eigenvalue weighted by atomic mass is 9.95. The number of aromatic nitrogens is 2. The lowest BCUT2D eigenvalue weighted by Crippen LogP contribution is -2.26. The summed E-state index contributed by atoms with van der Waals surface area (Å²) >= 11 is 0. The molecule has 29 heavy (non-hydrogen) atoms. The van der Waals surface area contributed by atoms with E-state index in [4.69, 9.17) is 0 Å². The first-order chi connectivity index (χ1) is 13.9. The molecule has 0 N–H and O–H groups in total. The van der Waals surface area contributed by atoms with Crippen molar-refractivity contribution in [2.24, 2.45) is 0 Å². The smallest absolute Gasteiger partial charge is 0.212 e. The highest BCUT2D eigenvalue weighted by molar-refractivity contribution is 7.92. The van der Waals surface area contributed by atoms with Crippen LogP contribution in [0, 0.1) is 12.9 Å². The summed E-state index contributed by atoms with van der Waals surface area (Å²) < 4.78 is 39.4. The highest BCUT2D eigenvalue weighted by Gasteiger charge is 2.50. The van der Waals surface area contributed by atoms with Crippen molar-refractivity contribution < 1.29 is 12.8 Å². The van der Waals surface area contributed by atoms with Crippen molar-refractivity contribution in [1.29, 1.82) is 0 Å². The van der Waals surface area contributed by atoms with E-state index in [0.717, 1.165) is 28.1 Å². The number of nitrogens with zero attached hydrogens (tertiary/aromatic N) is 3. The van der Waals surface area contributed by atoms with Crippen molar-refractivity contribution in [2.75, 3.05) is 13.1 Å². The van der Waals surface area contributed by atoms with Gasteiger partial charge in [-0.3, -0.25) is 9.88 Å². The van der Waals surface area contributed by atoms with Gasteiger partial charge in [-0.1, -0.05) is 12.1 Å². The highest BCUT2D eigenvalue weighted by Crippen LogP contribution is 2.46. The Morgan fingerprint density at radius 1 is 1.10 bits per heavy atom. The van der Waals surface area contributed by atoms with Gasteiger partial charge in [0, 0.05) is 43.0 Å². The maximum Gasteiger partial charge on any atom is 0.212 e. The first-order valence-corrected chi connectivity index (χ1v) is 11.1. The van der Waals surface area contributed by atoms with Crippen LogP contribution in [0.15, 0.2) is 59.6 Å². The number of hydrogen-bond donors (Lipinski definition) is 0. The van der Waals surface area contributed by atoms with Crippen LogP contribution in [0.1, 0.15) is 22.9 Å². The predicted octanol–water partition coefficient (Wildman–Crippen LogP) is 3.35. The fourth-order valence-electron chi connectivity index (χ4n) is 4.50. The Balaban J connectivity index is 1.47. The summed E-state index contributed by atoms with van der Waals surface area (Å²) in [6, 6.07) is 14.3. The summed E-state index contributed by atoms with van der Waals surface area (Å²) in [5, 5.41) is -0.427. The van der Waals surface area contributed by atoms with Gasteiger partial charge in [0.1, 0.15) is 0 Å². The molecular weight excluding hydrogens is 389 g/mol. The van der Waals surface area contributed by atoms with Gasteiger partial charge in [0.25, 0.3) is 0 Å². The number of benzene rings is 1. The zero-order chi connectivity index (χ0) is 20.2. The Kier molecular flexibility index (Phi) is 4.26. The lowest BCUT2D eigenvalue weighted by molar-refractivity contribution is 0.321. The molecule has 5 nitrogen and oxygen atoms in total. The number of halogens is 1. The van der Waals surface area contributed by atoms with E-state index < -0.39 is 21.0 Å². The van der Waals surface area contributed by atoms with Gasteiger partial charge >= 0.3 is 0 Å². The summed E-state index contributed by atoms with van der Waals surface area (Å²) in [7, 11) is -3.36. The van der Waals surface area contributed by atoms with E-state index in [9.17, 15) is 12.8 Å². The van der Waals surface area contributed by atoms with E-state index in [1.165, 1.54) is 12.3 Å². The van der Waals surface area contributed by atoms with E-state index in [0.29, 0.717) is 24.5 Å². The van der Waals surface area contributed by atoms with Gasteiger partial charge in [0.15, 0.2) is 9.84 Å². The fourth-order valence-corrected chi connectivity index (χ4v) is 6.69. The number of hydrogen-bond acceptors (Lipinski definition) is 5. The summed E-state index contributed by atoms with van der Waals surface area (Å²) in [6.07, 6.45) is 1.47. The number of aryl methyl sites for hydroxylation is 1. The molecule has 0 saturated carbocycles. The van der Waals surface area contributed by atoms with E-state index in [-0.39, 0.29) is 5.92 Å². The van der Waals surface area contributed by atoms with Gasteiger partial charge in [-0.2, -0.15) is 4.39 Å². The van der Waals surface area contributed by atoms with Gasteiger partial charge in [0.2, 0.25) is 5.95 Å². The Labute approximate surface area is 169 Å². The van der Waals surface area contributed by atoms with Crippen molar-refractivity contribution in [1.82, 2.24) is 14.9 Å². The molecule has 0 bridgehead atoms. The first-order valence-electron chi connectivity index (χ1n) is 9.56. The minimum atomic E-state index is -3.36. The van der Waals surface area contributed by atoms with E-state index in [1.807, 2.05) is 31.2 Å². The third-order valence-corrected chi connectivity index (χ3v) is 8.11. The summed E-state index contributed by atoms with van der Waals surface area (Å²) in [4.78, 5) is 10.9. The molecular formula is C22H20FN3O2S. The van der Waals surface area contributed by atoms with Crippen molar-refractivity contribution in [3.8, 4) is 11.1 Å². The molecule has 0 spiro atoms.